The molecule has 35 heavy (non-hydrogen) atoms. The lowest BCUT2D eigenvalue weighted by Gasteiger charge is -2.33. The molecule has 1 unspecified atom stereocenters. The molecule has 3 aliphatic rings. The van der Waals surface area contributed by atoms with Gasteiger partial charge >= 0.3 is 5.97 Å². The molecule has 190 valence electrons. The molecule has 0 spiro atoms. The van der Waals surface area contributed by atoms with Gasteiger partial charge in [-0.05, 0) is 62.4 Å². The Morgan fingerprint density at radius 3 is 2.69 bits per heavy atom. The second-order valence-electron chi connectivity index (χ2n) is 10.1. The molecule has 2 aliphatic carbocycles. The Bertz CT molecular complexity index is 982. The van der Waals surface area contributed by atoms with Gasteiger partial charge in [0.05, 0.1) is 6.54 Å². The normalized spacial score (nSPS) is 24.4. The van der Waals surface area contributed by atoms with Crippen molar-refractivity contribution in [1.82, 2.24) is 14.9 Å². The second-order valence-corrected chi connectivity index (χ2v) is 10.1. The van der Waals surface area contributed by atoms with E-state index in [-0.39, 0.29) is 23.7 Å². The topological polar surface area (TPSA) is 119 Å². The number of aromatic nitrogens is 2. The average molecular weight is 483 g/mol. The molecular formula is C27H38N4O4. The largest absolute Gasteiger partial charge is 0.481 e. The number of carbonyl (C=O) groups is 2. The van der Waals surface area contributed by atoms with E-state index in [1.807, 2.05) is 6.08 Å². The molecule has 0 saturated heterocycles. The first-order valence-corrected chi connectivity index (χ1v) is 13.2. The highest BCUT2D eigenvalue weighted by Crippen LogP contribution is 2.39. The zero-order valence-electron chi connectivity index (χ0n) is 20.7. The third-order valence-electron chi connectivity index (χ3n) is 7.60. The zero-order valence-corrected chi connectivity index (χ0v) is 20.7. The van der Waals surface area contributed by atoms with Gasteiger partial charge in [0.1, 0.15) is 23.8 Å². The van der Waals surface area contributed by atoms with Crippen LogP contribution in [0.25, 0.3) is 0 Å². The second kappa shape index (κ2) is 11.7. The Balaban J connectivity index is 1.38. The smallest absolute Gasteiger partial charge is 0.303 e. The minimum atomic E-state index is -0.694. The van der Waals surface area contributed by atoms with Crippen molar-refractivity contribution in [3.05, 3.63) is 35.3 Å². The number of carbonyl (C=O) groups excluding carboxylic acids is 1. The van der Waals surface area contributed by atoms with E-state index in [4.69, 9.17) is 15.6 Å². The van der Waals surface area contributed by atoms with Crippen LogP contribution in [0.4, 0.5) is 5.82 Å². The molecule has 0 bridgehead atoms. The summed E-state index contributed by atoms with van der Waals surface area (Å²) in [5, 5.41) is 9.04. The van der Waals surface area contributed by atoms with Gasteiger partial charge in [-0.2, -0.15) is 4.98 Å². The number of ether oxygens (including phenoxy) is 1. The third-order valence-corrected chi connectivity index (χ3v) is 7.60. The summed E-state index contributed by atoms with van der Waals surface area (Å²) in [7, 11) is 0. The van der Waals surface area contributed by atoms with Crippen LogP contribution >= 0.6 is 0 Å². The van der Waals surface area contributed by atoms with Gasteiger partial charge in [0.25, 0.3) is 5.91 Å². The van der Waals surface area contributed by atoms with Gasteiger partial charge in [0.15, 0.2) is 0 Å². The van der Waals surface area contributed by atoms with E-state index in [9.17, 15) is 9.59 Å². The molecule has 1 aromatic rings. The molecular weight excluding hydrogens is 444 g/mol. The van der Waals surface area contributed by atoms with Crippen LogP contribution in [0.5, 0.6) is 5.88 Å². The van der Waals surface area contributed by atoms with Crippen molar-refractivity contribution in [3.8, 4) is 5.88 Å². The number of amides is 1. The van der Waals surface area contributed by atoms with Crippen molar-refractivity contribution in [1.29, 1.82) is 0 Å². The summed E-state index contributed by atoms with van der Waals surface area (Å²) in [6, 6.07) is 0. The number of nitrogen functional groups attached to an aromatic ring is 1. The molecule has 4 rings (SSSR count). The Morgan fingerprint density at radius 1 is 1.20 bits per heavy atom. The summed E-state index contributed by atoms with van der Waals surface area (Å²) in [5.74, 6) is 1.52. The van der Waals surface area contributed by atoms with Crippen molar-refractivity contribution in [3.63, 3.8) is 0 Å². The van der Waals surface area contributed by atoms with Gasteiger partial charge in [-0.25, -0.2) is 4.98 Å². The maximum atomic E-state index is 13.4. The van der Waals surface area contributed by atoms with Crippen molar-refractivity contribution in [2.24, 2.45) is 17.8 Å². The molecule has 0 aromatic carbocycles. The SMILES string of the molecule is CCCCCCc1nc(N)c2c(n1)OCCN(C1=CCC([C@H]3CC[C@H](CC(=O)O)CC3)C=C1)C2=O. The molecule has 1 fully saturated rings. The fourth-order valence-corrected chi connectivity index (χ4v) is 5.59. The lowest BCUT2D eigenvalue weighted by Crippen LogP contribution is -2.33. The lowest BCUT2D eigenvalue weighted by molar-refractivity contribution is -0.138. The Hall–Kier alpha value is -2.90. The number of anilines is 1. The highest BCUT2D eigenvalue weighted by atomic mass is 16.5. The summed E-state index contributed by atoms with van der Waals surface area (Å²) in [4.78, 5) is 35.1. The molecule has 1 aromatic heterocycles. The number of aryl methyl sites for hydroxylation is 1. The quantitative estimate of drug-likeness (QED) is 0.487. The van der Waals surface area contributed by atoms with Crippen LogP contribution in [0.2, 0.25) is 0 Å². The fourth-order valence-electron chi connectivity index (χ4n) is 5.59. The summed E-state index contributed by atoms with van der Waals surface area (Å²) in [5.41, 5.74) is 7.36. The summed E-state index contributed by atoms with van der Waals surface area (Å²) < 4.78 is 5.86. The number of rotatable bonds is 9. The number of carboxylic acid groups (broad SMARTS) is 1. The number of hydrogen-bond acceptors (Lipinski definition) is 6. The summed E-state index contributed by atoms with van der Waals surface area (Å²) in [6.45, 7) is 2.96. The van der Waals surface area contributed by atoms with Crippen molar-refractivity contribution >= 4 is 17.7 Å². The Kier molecular flexibility index (Phi) is 8.42. The van der Waals surface area contributed by atoms with E-state index in [0.29, 0.717) is 42.6 Å². The predicted octanol–water partition coefficient (Wildman–Crippen LogP) is 4.76. The van der Waals surface area contributed by atoms with Gasteiger partial charge in [-0.15, -0.1) is 0 Å². The van der Waals surface area contributed by atoms with Gasteiger partial charge in [-0.1, -0.05) is 38.3 Å². The number of fused-ring (bicyclic) bond motifs is 1. The van der Waals surface area contributed by atoms with Crippen LogP contribution in [-0.4, -0.2) is 45.0 Å². The number of carboxylic acids is 1. The minimum Gasteiger partial charge on any atom is -0.481 e. The number of unbranched alkanes of at least 4 members (excludes halogenated alkanes) is 3. The predicted molar refractivity (Wildman–Crippen MR) is 134 cm³/mol. The molecule has 1 atom stereocenters. The third kappa shape index (κ3) is 6.21. The van der Waals surface area contributed by atoms with E-state index >= 15 is 0 Å². The zero-order chi connectivity index (χ0) is 24.8. The standard InChI is InChI=1S/C27H38N4O4/c1-2-3-4-5-6-22-29-25(28)24-26(30-22)35-16-15-31(27(24)34)21-13-11-20(12-14-21)19-9-7-18(8-10-19)17-23(32)33/h11,13-14,18-20H,2-10,12,15-17H2,1H3,(H,32,33)(H2,28,29,30)/t18-,19-,20?. The first kappa shape index (κ1) is 25.2. The molecule has 1 amide bonds. The number of nitrogens with two attached hydrogens (primary N) is 1. The van der Waals surface area contributed by atoms with Crippen LogP contribution in [0.3, 0.4) is 0 Å². The van der Waals surface area contributed by atoms with Gasteiger partial charge in [-0.3, -0.25) is 9.59 Å². The first-order valence-electron chi connectivity index (χ1n) is 13.2. The van der Waals surface area contributed by atoms with Crippen molar-refractivity contribution in [2.75, 3.05) is 18.9 Å². The Morgan fingerprint density at radius 2 is 2.00 bits per heavy atom. The highest BCUT2D eigenvalue weighted by Gasteiger charge is 2.32. The van der Waals surface area contributed by atoms with Gasteiger partial charge < -0.3 is 20.5 Å². The minimum absolute atomic E-state index is 0.189. The van der Waals surface area contributed by atoms with Crippen LogP contribution in [0, 0.1) is 17.8 Å². The maximum absolute atomic E-state index is 13.4. The molecule has 8 heteroatoms. The van der Waals surface area contributed by atoms with Crippen LogP contribution < -0.4 is 10.5 Å². The fraction of sp³-hybridized carbons (Fsp3) is 0.630. The summed E-state index contributed by atoms with van der Waals surface area (Å²) in [6.07, 6.45) is 16.8. The number of hydrogen-bond donors (Lipinski definition) is 2. The van der Waals surface area contributed by atoms with Crippen LogP contribution in [0.1, 0.15) is 87.3 Å². The molecule has 1 saturated carbocycles. The highest BCUT2D eigenvalue weighted by molar-refractivity contribution is 6.01. The van der Waals surface area contributed by atoms with Crippen LogP contribution in [0.15, 0.2) is 23.9 Å². The summed E-state index contributed by atoms with van der Waals surface area (Å²) >= 11 is 0. The van der Waals surface area contributed by atoms with E-state index in [1.165, 1.54) is 12.8 Å². The number of allylic oxidation sites excluding steroid dienone is 3. The molecule has 8 nitrogen and oxygen atoms in total. The molecule has 3 N–H and O–H groups in total. The van der Waals surface area contributed by atoms with Crippen LogP contribution in [-0.2, 0) is 11.2 Å². The maximum Gasteiger partial charge on any atom is 0.303 e. The molecule has 0 radical (unpaired) electrons. The number of aliphatic carboxylic acids is 1. The Labute approximate surface area is 207 Å². The van der Waals surface area contributed by atoms with Crippen molar-refractivity contribution in [2.45, 2.75) is 77.6 Å². The van der Waals surface area contributed by atoms with E-state index in [0.717, 1.165) is 57.1 Å². The van der Waals surface area contributed by atoms with E-state index in [1.54, 1.807) is 4.90 Å². The molecule has 1 aliphatic heterocycles. The van der Waals surface area contributed by atoms with E-state index < -0.39 is 5.97 Å². The lowest BCUT2D eigenvalue weighted by atomic mass is 9.73. The van der Waals surface area contributed by atoms with Gasteiger partial charge in [0, 0.05) is 18.5 Å². The monoisotopic (exact) mass is 482 g/mol. The van der Waals surface area contributed by atoms with E-state index in [2.05, 4.69) is 29.0 Å². The van der Waals surface area contributed by atoms with Gasteiger partial charge in [0.2, 0.25) is 5.88 Å². The average Bonchev–Trinajstić information content (AvgIpc) is 3.01. The molecule has 2 heterocycles. The first-order chi connectivity index (χ1) is 17.0. The van der Waals surface area contributed by atoms with Crippen molar-refractivity contribution < 1.29 is 19.4 Å². The number of nitrogens with zero attached hydrogens (tertiary/aromatic N) is 3.